The maximum atomic E-state index is 14.0. The Hall–Kier alpha value is -2.59. The first-order chi connectivity index (χ1) is 19.0. The average molecular weight is 669 g/mol. The quantitative estimate of drug-likeness (QED) is 0.224. The third kappa shape index (κ3) is 9.23. The Morgan fingerprint density at radius 3 is 2.23 bits per heavy atom. The van der Waals surface area contributed by atoms with Gasteiger partial charge in [0, 0.05) is 24.0 Å². The molecular weight excluding hydrogens is 637 g/mol. The average Bonchev–Trinajstić information content (AvgIpc) is 2.91. The van der Waals surface area contributed by atoms with Gasteiger partial charge in [-0.1, -0.05) is 88.9 Å². The SMILES string of the molecule is CCCCNC(=O)[C@@H](Cc1ccccc1)N(Cc1ccc(Cl)c(Cl)c1)C(=O)CN(c1ccc(Br)cc1)S(C)(=O)=O. The van der Waals surface area contributed by atoms with Crippen molar-refractivity contribution < 1.29 is 18.0 Å². The summed E-state index contributed by atoms with van der Waals surface area (Å²) in [5.74, 6) is -0.855. The molecule has 214 valence electrons. The van der Waals surface area contributed by atoms with Gasteiger partial charge in [-0.15, -0.1) is 0 Å². The van der Waals surface area contributed by atoms with Crippen molar-refractivity contribution in [2.75, 3.05) is 23.7 Å². The topological polar surface area (TPSA) is 86.8 Å². The fraction of sp³-hybridized carbons (Fsp3) is 0.310. The Bertz CT molecular complexity index is 1410. The molecule has 0 aliphatic rings. The normalized spacial score (nSPS) is 12.0. The third-order valence-corrected chi connectivity index (χ3v) is 8.64. The number of hydrogen-bond acceptors (Lipinski definition) is 4. The van der Waals surface area contributed by atoms with Crippen LogP contribution < -0.4 is 9.62 Å². The minimum absolute atomic E-state index is 0.0202. The molecule has 0 unspecified atom stereocenters. The van der Waals surface area contributed by atoms with Crippen molar-refractivity contribution in [2.45, 2.75) is 38.8 Å². The molecule has 0 fully saturated rings. The van der Waals surface area contributed by atoms with Gasteiger partial charge in [0.1, 0.15) is 12.6 Å². The molecule has 11 heteroatoms. The number of benzene rings is 3. The van der Waals surface area contributed by atoms with Crippen LogP contribution >= 0.6 is 39.1 Å². The second-order valence-electron chi connectivity index (χ2n) is 9.37. The lowest BCUT2D eigenvalue weighted by atomic mass is 10.0. The van der Waals surface area contributed by atoms with Gasteiger partial charge < -0.3 is 10.2 Å². The number of anilines is 1. The zero-order valence-corrected chi connectivity index (χ0v) is 26.2. The lowest BCUT2D eigenvalue weighted by Gasteiger charge is -2.33. The van der Waals surface area contributed by atoms with E-state index in [0.29, 0.717) is 27.8 Å². The summed E-state index contributed by atoms with van der Waals surface area (Å²) in [5, 5.41) is 3.62. The smallest absolute Gasteiger partial charge is 0.244 e. The predicted octanol–water partition coefficient (Wildman–Crippen LogP) is 6.08. The van der Waals surface area contributed by atoms with Gasteiger partial charge in [0.25, 0.3) is 0 Å². The standard InChI is InChI=1S/C29H32BrCl2N3O4S/c1-3-4-16-33-29(37)27(18-21-8-6-5-7-9-21)34(19-22-10-15-25(31)26(32)17-22)28(36)20-35(40(2,38)39)24-13-11-23(30)12-14-24/h5-15,17,27H,3-4,16,18-20H2,1-2H3,(H,33,37)/t27-/m1/s1. The molecule has 0 spiro atoms. The van der Waals surface area contributed by atoms with E-state index in [2.05, 4.69) is 21.2 Å². The van der Waals surface area contributed by atoms with Gasteiger partial charge in [-0.2, -0.15) is 0 Å². The van der Waals surface area contributed by atoms with Gasteiger partial charge >= 0.3 is 0 Å². The number of unbranched alkanes of at least 4 members (excludes halogenated alkanes) is 1. The summed E-state index contributed by atoms with van der Waals surface area (Å²) < 4.78 is 27.4. The molecule has 40 heavy (non-hydrogen) atoms. The molecule has 1 N–H and O–H groups in total. The fourth-order valence-corrected chi connectivity index (χ4v) is 5.55. The summed E-state index contributed by atoms with van der Waals surface area (Å²) in [7, 11) is -3.84. The first kappa shape index (κ1) is 31.9. The van der Waals surface area contributed by atoms with E-state index in [4.69, 9.17) is 23.2 Å². The Kier molecular flexibility index (Phi) is 11.9. The highest BCUT2D eigenvalue weighted by Crippen LogP contribution is 2.25. The molecule has 3 aromatic carbocycles. The van der Waals surface area contributed by atoms with E-state index in [9.17, 15) is 18.0 Å². The first-order valence-corrected chi connectivity index (χ1v) is 16.2. The number of sulfonamides is 1. The number of carbonyl (C=O) groups is 2. The number of halogens is 3. The van der Waals surface area contributed by atoms with Gasteiger partial charge in [-0.25, -0.2) is 8.42 Å². The van der Waals surface area contributed by atoms with Crippen LogP contribution in [0.25, 0.3) is 0 Å². The zero-order chi connectivity index (χ0) is 29.3. The van der Waals surface area contributed by atoms with Crippen molar-refractivity contribution in [3.05, 3.63) is 98.4 Å². The van der Waals surface area contributed by atoms with Crippen molar-refractivity contribution in [3.63, 3.8) is 0 Å². The Balaban J connectivity index is 2.04. The number of carbonyl (C=O) groups excluding carboxylic acids is 2. The van der Waals surface area contributed by atoms with Gasteiger partial charge in [0.15, 0.2) is 0 Å². The molecule has 7 nitrogen and oxygen atoms in total. The van der Waals surface area contributed by atoms with Gasteiger partial charge in [0.05, 0.1) is 22.0 Å². The largest absolute Gasteiger partial charge is 0.354 e. The molecule has 3 aromatic rings. The summed E-state index contributed by atoms with van der Waals surface area (Å²) in [6.07, 6.45) is 2.97. The van der Waals surface area contributed by atoms with Crippen LogP contribution in [0, 0.1) is 0 Å². The van der Waals surface area contributed by atoms with E-state index < -0.39 is 28.5 Å². The molecule has 3 rings (SSSR count). The van der Waals surface area contributed by atoms with Crippen LogP contribution in [0.3, 0.4) is 0 Å². The molecule has 0 radical (unpaired) electrons. The minimum Gasteiger partial charge on any atom is -0.354 e. The Morgan fingerprint density at radius 2 is 1.62 bits per heavy atom. The van der Waals surface area contributed by atoms with E-state index >= 15 is 0 Å². The van der Waals surface area contributed by atoms with Gasteiger partial charge in [-0.05, 0) is 53.9 Å². The van der Waals surface area contributed by atoms with Crippen molar-refractivity contribution in [1.82, 2.24) is 10.2 Å². The van der Waals surface area contributed by atoms with Crippen LogP contribution in [-0.4, -0.2) is 50.5 Å². The van der Waals surface area contributed by atoms with Crippen molar-refractivity contribution in [1.29, 1.82) is 0 Å². The Labute approximate surface area is 254 Å². The molecule has 0 saturated carbocycles. The number of amides is 2. The van der Waals surface area contributed by atoms with Crippen LogP contribution in [0.5, 0.6) is 0 Å². The molecule has 0 aromatic heterocycles. The van der Waals surface area contributed by atoms with E-state index in [1.165, 1.54) is 4.90 Å². The van der Waals surface area contributed by atoms with E-state index in [1.54, 1.807) is 42.5 Å². The van der Waals surface area contributed by atoms with Crippen LogP contribution in [-0.2, 0) is 32.6 Å². The molecule has 0 saturated heterocycles. The summed E-state index contributed by atoms with van der Waals surface area (Å²) in [6, 6.07) is 20.1. The highest BCUT2D eigenvalue weighted by molar-refractivity contribution is 9.10. The van der Waals surface area contributed by atoms with Crippen molar-refractivity contribution in [2.24, 2.45) is 0 Å². The number of nitrogens with one attached hydrogen (secondary N) is 1. The number of rotatable bonds is 13. The lowest BCUT2D eigenvalue weighted by molar-refractivity contribution is -0.140. The molecular formula is C29H32BrCl2N3O4S. The van der Waals surface area contributed by atoms with E-state index in [0.717, 1.165) is 33.4 Å². The van der Waals surface area contributed by atoms with Gasteiger partial charge in [0.2, 0.25) is 21.8 Å². The van der Waals surface area contributed by atoms with Crippen molar-refractivity contribution >= 4 is 66.7 Å². The molecule has 0 aliphatic heterocycles. The van der Waals surface area contributed by atoms with Crippen molar-refractivity contribution in [3.8, 4) is 0 Å². The summed E-state index contributed by atoms with van der Waals surface area (Å²) >= 11 is 15.7. The lowest BCUT2D eigenvalue weighted by Crippen LogP contribution is -2.53. The highest BCUT2D eigenvalue weighted by atomic mass is 79.9. The van der Waals surface area contributed by atoms with Crippen LogP contribution in [0.15, 0.2) is 77.3 Å². The maximum Gasteiger partial charge on any atom is 0.244 e. The summed E-state index contributed by atoms with van der Waals surface area (Å²) in [6.45, 7) is 2.01. The van der Waals surface area contributed by atoms with E-state index in [1.807, 2.05) is 37.3 Å². The van der Waals surface area contributed by atoms with Crippen LogP contribution in [0.4, 0.5) is 5.69 Å². The minimum atomic E-state index is -3.84. The first-order valence-electron chi connectivity index (χ1n) is 12.8. The number of hydrogen-bond donors (Lipinski definition) is 1. The molecule has 0 heterocycles. The maximum absolute atomic E-state index is 14.0. The summed E-state index contributed by atoms with van der Waals surface area (Å²) in [5.41, 5.74) is 1.84. The van der Waals surface area contributed by atoms with E-state index in [-0.39, 0.29) is 18.9 Å². The summed E-state index contributed by atoms with van der Waals surface area (Å²) in [4.78, 5) is 29.0. The predicted molar refractivity (Wildman–Crippen MR) is 165 cm³/mol. The third-order valence-electron chi connectivity index (χ3n) is 6.23. The zero-order valence-electron chi connectivity index (χ0n) is 22.3. The highest BCUT2D eigenvalue weighted by Gasteiger charge is 2.33. The number of nitrogens with zero attached hydrogens (tertiary/aromatic N) is 2. The second kappa shape index (κ2) is 14.9. The monoisotopic (exact) mass is 667 g/mol. The van der Waals surface area contributed by atoms with Gasteiger partial charge in [-0.3, -0.25) is 13.9 Å². The Morgan fingerprint density at radius 1 is 0.950 bits per heavy atom. The molecule has 1 atom stereocenters. The molecule has 0 aliphatic carbocycles. The molecule has 0 bridgehead atoms. The van der Waals surface area contributed by atoms with Crippen LogP contribution in [0.2, 0.25) is 10.0 Å². The molecule has 2 amide bonds. The second-order valence-corrected chi connectivity index (χ2v) is 13.0. The fourth-order valence-electron chi connectivity index (χ4n) is 4.12. The van der Waals surface area contributed by atoms with Crippen LogP contribution in [0.1, 0.15) is 30.9 Å².